The molecule has 9 heteroatoms. The third-order valence-electron chi connectivity index (χ3n) is 2.23. The van der Waals surface area contributed by atoms with Gasteiger partial charge in [-0.3, -0.25) is 9.59 Å². The maximum Gasteiger partial charge on any atom is 0.463 e. The number of halogens is 5. The molecule has 0 aromatic heterocycles. The van der Waals surface area contributed by atoms with Crippen LogP contribution in [0.2, 0.25) is 0 Å². The fourth-order valence-corrected chi connectivity index (χ4v) is 1.24. The summed E-state index contributed by atoms with van der Waals surface area (Å²) in [5.41, 5.74) is -1.36. The van der Waals surface area contributed by atoms with E-state index in [0.717, 1.165) is 0 Å². The lowest BCUT2D eigenvalue weighted by Crippen LogP contribution is -2.57. The van der Waals surface area contributed by atoms with Crippen molar-refractivity contribution in [3.63, 3.8) is 0 Å². The van der Waals surface area contributed by atoms with Crippen molar-refractivity contribution in [1.82, 2.24) is 4.90 Å². The van der Waals surface area contributed by atoms with Crippen LogP contribution in [0.5, 0.6) is 0 Å². The average Bonchev–Trinajstić information content (AvgIpc) is 2.12. The van der Waals surface area contributed by atoms with Gasteiger partial charge in [0.15, 0.2) is 0 Å². The molecule has 0 aliphatic rings. The van der Waals surface area contributed by atoms with Crippen LogP contribution in [0.15, 0.2) is 0 Å². The Kier molecular flexibility index (Phi) is 4.90. The van der Waals surface area contributed by atoms with Crippen LogP contribution in [0.4, 0.5) is 22.0 Å². The zero-order valence-corrected chi connectivity index (χ0v) is 10.5. The minimum atomic E-state index is -6.02. The molecule has 0 rings (SSSR count). The van der Waals surface area contributed by atoms with Crippen LogP contribution in [0, 0.1) is 0 Å². The lowest BCUT2D eigenvalue weighted by molar-refractivity contribution is -0.276. The van der Waals surface area contributed by atoms with Gasteiger partial charge in [0, 0.05) is 12.1 Å². The number of carbonyl (C=O) groups excluding carboxylic acids is 1. The van der Waals surface area contributed by atoms with Crippen LogP contribution in [0.1, 0.15) is 27.2 Å². The molecule has 0 aliphatic carbocycles. The van der Waals surface area contributed by atoms with Crippen molar-refractivity contribution in [2.24, 2.45) is 0 Å². The van der Waals surface area contributed by atoms with E-state index in [1.807, 2.05) is 0 Å². The number of amides is 1. The van der Waals surface area contributed by atoms with Gasteiger partial charge in [0.2, 0.25) is 0 Å². The Hall–Kier alpha value is -1.41. The highest BCUT2D eigenvalue weighted by molar-refractivity contribution is 5.85. The lowest BCUT2D eigenvalue weighted by Gasteiger charge is -2.37. The summed E-state index contributed by atoms with van der Waals surface area (Å²) in [4.78, 5) is 21.9. The average molecular weight is 291 g/mol. The Morgan fingerprint density at radius 2 is 1.47 bits per heavy atom. The molecule has 0 aromatic carbocycles. The van der Waals surface area contributed by atoms with Gasteiger partial charge in [-0.05, 0) is 20.8 Å². The standard InChI is InChI=1S/C10H14F5NO3/c1-8(2,3)16(5-4-6(17)18)7(19)9(11,12)10(13,14)15/h4-5H2,1-3H3,(H,17,18). The summed E-state index contributed by atoms with van der Waals surface area (Å²) in [6.45, 7) is 2.97. The summed E-state index contributed by atoms with van der Waals surface area (Å²) in [6, 6.07) is 0. The molecule has 0 radical (unpaired) electrons. The molecular weight excluding hydrogens is 277 g/mol. The van der Waals surface area contributed by atoms with Crippen molar-refractivity contribution in [2.75, 3.05) is 6.54 Å². The zero-order valence-electron chi connectivity index (χ0n) is 10.5. The molecule has 0 fully saturated rings. The first-order valence-electron chi connectivity index (χ1n) is 5.19. The maximum absolute atomic E-state index is 13.0. The molecule has 19 heavy (non-hydrogen) atoms. The summed E-state index contributed by atoms with van der Waals surface area (Å²) in [6.07, 6.45) is -6.74. The van der Waals surface area contributed by atoms with E-state index < -0.39 is 42.5 Å². The monoisotopic (exact) mass is 291 g/mol. The maximum atomic E-state index is 13.0. The molecular formula is C10H14F5NO3. The number of nitrogens with zero attached hydrogens (tertiary/aromatic N) is 1. The van der Waals surface area contributed by atoms with E-state index in [4.69, 9.17) is 5.11 Å². The van der Waals surface area contributed by atoms with Crippen molar-refractivity contribution in [3.8, 4) is 0 Å². The van der Waals surface area contributed by atoms with Gasteiger partial charge in [-0.1, -0.05) is 0 Å². The molecule has 0 aromatic rings. The molecule has 112 valence electrons. The number of hydrogen-bond acceptors (Lipinski definition) is 2. The first-order valence-corrected chi connectivity index (χ1v) is 5.19. The predicted octanol–water partition coefficient (Wildman–Crippen LogP) is 2.29. The smallest absolute Gasteiger partial charge is 0.463 e. The topological polar surface area (TPSA) is 57.6 Å². The van der Waals surface area contributed by atoms with Crippen LogP contribution in [0.25, 0.3) is 0 Å². The highest BCUT2D eigenvalue weighted by Gasteiger charge is 2.65. The van der Waals surface area contributed by atoms with Crippen molar-refractivity contribution in [1.29, 1.82) is 0 Å². The van der Waals surface area contributed by atoms with Crippen molar-refractivity contribution >= 4 is 11.9 Å². The molecule has 0 saturated heterocycles. The third kappa shape index (κ3) is 4.32. The SMILES string of the molecule is CC(C)(C)N(CCC(=O)O)C(=O)C(F)(F)C(F)(F)F. The fourth-order valence-electron chi connectivity index (χ4n) is 1.24. The highest BCUT2D eigenvalue weighted by atomic mass is 19.4. The zero-order chi connectivity index (χ0) is 15.6. The summed E-state index contributed by atoms with van der Waals surface area (Å²) in [5, 5.41) is 8.42. The summed E-state index contributed by atoms with van der Waals surface area (Å²) >= 11 is 0. The van der Waals surface area contributed by atoms with E-state index in [2.05, 4.69) is 0 Å². The molecule has 0 saturated carbocycles. The molecule has 1 amide bonds. The molecule has 4 nitrogen and oxygen atoms in total. The van der Waals surface area contributed by atoms with Gasteiger partial charge < -0.3 is 10.0 Å². The van der Waals surface area contributed by atoms with Crippen LogP contribution in [-0.2, 0) is 9.59 Å². The van der Waals surface area contributed by atoms with Crippen LogP contribution >= 0.6 is 0 Å². The Bertz CT molecular complexity index is 359. The predicted molar refractivity (Wildman–Crippen MR) is 54.7 cm³/mol. The van der Waals surface area contributed by atoms with Gasteiger partial charge in [0.05, 0.1) is 6.42 Å². The number of carboxylic acid groups (broad SMARTS) is 1. The minimum Gasteiger partial charge on any atom is -0.481 e. The number of rotatable bonds is 4. The Morgan fingerprint density at radius 1 is 1.05 bits per heavy atom. The van der Waals surface area contributed by atoms with Crippen LogP contribution in [-0.4, -0.2) is 46.1 Å². The third-order valence-corrected chi connectivity index (χ3v) is 2.23. The van der Waals surface area contributed by atoms with E-state index in [0.29, 0.717) is 0 Å². The second-order valence-corrected chi connectivity index (χ2v) is 4.84. The molecule has 0 spiro atoms. The Balaban J connectivity index is 5.29. The first kappa shape index (κ1) is 17.6. The molecule has 0 aliphatic heterocycles. The van der Waals surface area contributed by atoms with Gasteiger partial charge in [-0.25, -0.2) is 0 Å². The van der Waals surface area contributed by atoms with E-state index in [9.17, 15) is 31.5 Å². The molecule has 1 N–H and O–H groups in total. The number of aliphatic carboxylic acids is 1. The molecule has 0 atom stereocenters. The second-order valence-electron chi connectivity index (χ2n) is 4.84. The number of alkyl halides is 5. The van der Waals surface area contributed by atoms with Gasteiger partial charge >= 0.3 is 24.0 Å². The highest BCUT2D eigenvalue weighted by Crippen LogP contribution is 2.38. The van der Waals surface area contributed by atoms with Crippen LogP contribution < -0.4 is 0 Å². The fraction of sp³-hybridized carbons (Fsp3) is 0.800. The first-order chi connectivity index (χ1) is 8.21. The number of hydrogen-bond donors (Lipinski definition) is 1. The quantitative estimate of drug-likeness (QED) is 0.808. The summed E-state index contributed by atoms with van der Waals surface area (Å²) < 4.78 is 62.3. The van der Waals surface area contributed by atoms with Gasteiger partial charge in [-0.2, -0.15) is 22.0 Å². The van der Waals surface area contributed by atoms with Gasteiger partial charge in [-0.15, -0.1) is 0 Å². The van der Waals surface area contributed by atoms with E-state index in [1.165, 1.54) is 20.8 Å². The molecule has 0 heterocycles. The van der Waals surface area contributed by atoms with Crippen LogP contribution in [0.3, 0.4) is 0 Å². The summed E-state index contributed by atoms with van der Waals surface area (Å²) in [5.74, 6) is -9.40. The van der Waals surface area contributed by atoms with E-state index in [-0.39, 0.29) is 4.90 Å². The van der Waals surface area contributed by atoms with Crippen molar-refractivity contribution in [2.45, 2.75) is 44.8 Å². The largest absolute Gasteiger partial charge is 0.481 e. The minimum absolute atomic E-state index is 0.217. The normalized spacial score (nSPS) is 13.3. The molecule has 0 unspecified atom stereocenters. The van der Waals surface area contributed by atoms with E-state index >= 15 is 0 Å². The Labute approximate surface area is 106 Å². The summed E-state index contributed by atoms with van der Waals surface area (Å²) in [7, 11) is 0. The number of carbonyl (C=O) groups is 2. The number of carboxylic acids is 1. The van der Waals surface area contributed by atoms with Gasteiger partial charge in [0.25, 0.3) is 0 Å². The second kappa shape index (κ2) is 5.30. The molecule has 0 bridgehead atoms. The van der Waals surface area contributed by atoms with Crippen molar-refractivity contribution in [3.05, 3.63) is 0 Å². The lowest BCUT2D eigenvalue weighted by atomic mass is 10.0. The Morgan fingerprint density at radius 3 is 1.74 bits per heavy atom. The van der Waals surface area contributed by atoms with E-state index in [1.54, 1.807) is 0 Å². The van der Waals surface area contributed by atoms with Crippen molar-refractivity contribution < 1.29 is 36.6 Å². The van der Waals surface area contributed by atoms with Gasteiger partial charge in [0.1, 0.15) is 0 Å².